The first-order chi connectivity index (χ1) is 30.8. The summed E-state index contributed by atoms with van der Waals surface area (Å²) in [6.07, 6.45) is 4.02. The van der Waals surface area contributed by atoms with Gasteiger partial charge in [0.05, 0.1) is 22.4 Å². The van der Waals surface area contributed by atoms with Gasteiger partial charge in [-0.05, 0) is 82.7 Å². The monoisotopic (exact) mass is 842 g/mol. The molecular weight excluding hydrogens is 793 g/mol. The number of fused-ring (bicyclic) bond motifs is 8. The lowest BCUT2D eigenvalue weighted by Gasteiger charge is -2.31. The van der Waals surface area contributed by atoms with Gasteiger partial charge in [0.25, 0.3) is 0 Å². The molecule has 0 fully saturated rings. The van der Waals surface area contributed by atoms with Crippen molar-refractivity contribution in [1.29, 1.82) is 0 Å². The zero-order chi connectivity index (χ0) is 44.3. The number of hydrogen-bond donors (Lipinski definition) is 2. The van der Waals surface area contributed by atoms with E-state index in [0.29, 0.717) is 48.2 Å². The Hall–Kier alpha value is -7.06. The lowest BCUT2D eigenvalue weighted by molar-refractivity contribution is -0.118. The topological polar surface area (TPSA) is 118 Å². The number of carbonyl (C=O) groups excluding carboxylic acids is 4. The summed E-state index contributed by atoms with van der Waals surface area (Å²) in [5.41, 5.74) is 9.47. The Morgan fingerprint density at radius 3 is 1.27 bits per heavy atom. The van der Waals surface area contributed by atoms with Gasteiger partial charge in [-0.3, -0.25) is 29.1 Å². The first kappa shape index (κ1) is 41.0. The van der Waals surface area contributed by atoms with Gasteiger partial charge in [0.2, 0.25) is 11.8 Å². The third kappa shape index (κ3) is 7.72. The van der Waals surface area contributed by atoms with E-state index in [4.69, 9.17) is 9.97 Å². The lowest BCUT2D eigenvalue weighted by Crippen LogP contribution is -2.28. The fourth-order valence-electron chi connectivity index (χ4n) is 10.1. The normalized spacial score (nSPS) is 15.3. The SMILES string of the molecule is CC1(C)CC(=O)c2c(nc3c(ccc4ccccc43)c2-c2ccc(NC(=O)CCCCC(=O)Nc3ccc(-c4c5c(nc6c4ccc4ccccc46)CC(C)(C)CC5=O)cc3)cc2)C1. The van der Waals surface area contributed by atoms with Crippen LogP contribution >= 0.6 is 0 Å². The highest BCUT2D eigenvalue weighted by molar-refractivity contribution is 6.18. The number of Topliss-reactive ketones (excluding diaryl/α,β-unsaturated/α-hetero) is 2. The predicted octanol–water partition coefficient (Wildman–Crippen LogP) is 12.9. The minimum atomic E-state index is -0.173. The van der Waals surface area contributed by atoms with Crippen LogP contribution in [0.2, 0.25) is 0 Å². The zero-order valence-electron chi connectivity index (χ0n) is 36.7. The Morgan fingerprint density at radius 2 is 0.859 bits per heavy atom. The molecule has 2 aromatic heterocycles. The highest BCUT2D eigenvalue weighted by Gasteiger charge is 2.36. The first-order valence-electron chi connectivity index (χ1n) is 22.4. The molecule has 2 aliphatic carbocycles. The molecule has 0 bridgehead atoms. The summed E-state index contributed by atoms with van der Waals surface area (Å²) in [7, 11) is 0. The fraction of sp³-hybridized carbons (Fsp3) is 0.250. The molecule has 0 saturated heterocycles. The van der Waals surface area contributed by atoms with Gasteiger partial charge in [-0.1, -0.05) is 125 Å². The second-order valence-electron chi connectivity index (χ2n) is 19.3. The number of anilines is 2. The lowest BCUT2D eigenvalue weighted by atomic mass is 9.73. The summed E-state index contributed by atoms with van der Waals surface area (Å²) in [4.78, 5) is 63.8. The summed E-state index contributed by atoms with van der Waals surface area (Å²) in [6.45, 7) is 8.49. The van der Waals surface area contributed by atoms with Crippen molar-refractivity contribution in [2.45, 2.75) is 79.1 Å². The second kappa shape index (κ2) is 15.9. The maximum absolute atomic E-state index is 13.7. The van der Waals surface area contributed by atoms with Crippen molar-refractivity contribution >= 4 is 78.1 Å². The number of benzene rings is 6. The van der Waals surface area contributed by atoms with Gasteiger partial charge in [0.15, 0.2) is 11.6 Å². The summed E-state index contributed by atoms with van der Waals surface area (Å²) < 4.78 is 0. The van der Waals surface area contributed by atoms with Crippen molar-refractivity contribution in [3.63, 3.8) is 0 Å². The van der Waals surface area contributed by atoms with Crippen molar-refractivity contribution in [2.75, 3.05) is 10.6 Å². The van der Waals surface area contributed by atoms with E-state index in [9.17, 15) is 19.2 Å². The minimum absolute atomic E-state index is 0.109. The highest BCUT2D eigenvalue weighted by atomic mass is 16.2. The molecule has 0 atom stereocenters. The van der Waals surface area contributed by atoms with Gasteiger partial charge >= 0.3 is 0 Å². The third-order valence-electron chi connectivity index (χ3n) is 13.0. The number of rotatable bonds is 9. The molecule has 2 aliphatic rings. The summed E-state index contributed by atoms with van der Waals surface area (Å²) in [5, 5.41) is 12.2. The summed E-state index contributed by atoms with van der Waals surface area (Å²) in [6, 6.07) is 40.2. The molecule has 64 heavy (non-hydrogen) atoms. The van der Waals surface area contributed by atoms with Crippen LogP contribution in [0.5, 0.6) is 0 Å². The van der Waals surface area contributed by atoms with E-state index in [1.54, 1.807) is 0 Å². The number of pyridine rings is 2. The quantitative estimate of drug-likeness (QED) is 0.110. The average molecular weight is 843 g/mol. The Kier molecular flexibility index (Phi) is 10.2. The number of amides is 2. The molecule has 0 spiro atoms. The Labute approximate surface area is 372 Å². The largest absolute Gasteiger partial charge is 0.326 e. The van der Waals surface area contributed by atoms with Crippen LogP contribution in [0.1, 0.15) is 98.3 Å². The van der Waals surface area contributed by atoms with E-state index >= 15 is 0 Å². The highest BCUT2D eigenvalue weighted by Crippen LogP contribution is 2.45. The van der Waals surface area contributed by atoms with Crippen LogP contribution in [-0.2, 0) is 22.4 Å². The number of carbonyl (C=O) groups is 4. The number of hydrogen-bond acceptors (Lipinski definition) is 6. The van der Waals surface area contributed by atoms with Crippen molar-refractivity contribution in [1.82, 2.24) is 9.97 Å². The average Bonchev–Trinajstić information content (AvgIpc) is 3.26. The maximum atomic E-state index is 13.7. The second-order valence-corrected chi connectivity index (χ2v) is 19.3. The van der Waals surface area contributed by atoms with E-state index in [0.717, 1.165) is 89.8 Å². The maximum Gasteiger partial charge on any atom is 0.224 e. The first-order valence-corrected chi connectivity index (χ1v) is 22.4. The van der Waals surface area contributed by atoms with Crippen molar-refractivity contribution in [3.05, 3.63) is 144 Å². The molecule has 0 unspecified atom stereocenters. The molecule has 2 heterocycles. The molecule has 2 N–H and O–H groups in total. The van der Waals surface area contributed by atoms with Gasteiger partial charge < -0.3 is 10.6 Å². The van der Waals surface area contributed by atoms with Crippen LogP contribution in [0.15, 0.2) is 121 Å². The predicted molar refractivity (Wildman–Crippen MR) is 258 cm³/mol. The van der Waals surface area contributed by atoms with Gasteiger partial charge in [0.1, 0.15) is 0 Å². The number of nitrogens with one attached hydrogen (secondary N) is 2. The zero-order valence-corrected chi connectivity index (χ0v) is 36.7. The van der Waals surface area contributed by atoms with Crippen LogP contribution in [0.25, 0.3) is 65.6 Å². The number of unbranched alkanes of at least 4 members (excludes halogenated alkanes) is 1. The van der Waals surface area contributed by atoms with Gasteiger partial charge in [-0.15, -0.1) is 0 Å². The van der Waals surface area contributed by atoms with E-state index in [1.807, 2.05) is 72.8 Å². The molecule has 10 rings (SSSR count). The molecule has 8 aromatic rings. The molecule has 6 aromatic carbocycles. The smallest absolute Gasteiger partial charge is 0.224 e. The van der Waals surface area contributed by atoms with Crippen molar-refractivity contribution in [3.8, 4) is 22.3 Å². The van der Waals surface area contributed by atoms with Gasteiger partial charge in [-0.25, -0.2) is 0 Å². The molecule has 0 saturated carbocycles. The minimum Gasteiger partial charge on any atom is -0.326 e. The standard InChI is InChI=1S/C56H50N4O4/c1-55(2)29-43-51(45(61)31-55)49(41-27-21-33-11-5-7-13-39(33)53(41)59-43)35-17-23-37(24-18-35)57-47(63)15-9-10-16-48(64)58-38-25-19-36(20-26-38)50-42-28-22-34-12-6-8-14-40(34)54(42)60-44-30-56(3,4)32-46(62)52(44)50/h5-8,11-14,17-28H,9-10,15-16,29-32H2,1-4H3,(H,57,63)(H,58,64). The van der Waals surface area contributed by atoms with Gasteiger partial charge in [0, 0.05) is 80.9 Å². The number of aromatic nitrogens is 2. The molecule has 0 radical (unpaired) electrons. The molecule has 318 valence electrons. The third-order valence-corrected chi connectivity index (χ3v) is 13.0. The van der Waals surface area contributed by atoms with Crippen LogP contribution in [-0.4, -0.2) is 33.3 Å². The molecular formula is C56H50N4O4. The summed E-state index contributed by atoms with van der Waals surface area (Å²) >= 11 is 0. The fourth-order valence-corrected chi connectivity index (χ4v) is 10.1. The Balaban J connectivity index is 0.787. The van der Waals surface area contributed by atoms with Crippen molar-refractivity contribution < 1.29 is 19.2 Å². The number of nitrogens with zero attached hydrogens (tertiary/aromatic N) is 2. The van der Waals surface area contributed by atoms with E-state index in [2.05, 4.69) is 86.9 Å². The van der Waals surface area contributed by atoms with Crippen molar-refractivity contribution in [2.24, 2.45) is 10.8 Å². The van der Waals surface area contributed by atoms with Crippen LogP contribution < -0.4 is 10.6 Å². The van der Waals surface area contributed by atoms with Crippen LogP contribution in [0, 0.1) is 10.8 Å². The van der Waals surface area contributed by atoms with E-state index in [-0.39, 0.29) is 47.1 Å². The van der Waals surface area contributed by atoms with Gasteiger partial charge in [-0.2, -0.15) is 0 Å². The van der Waals surface area contributed by atoms with Crippen LogP contribution in [0.4, 0.5) is 11.4 Å². The van der Waals surface area contributed by atoms with E-state index < -0.39 is 0 Å². The molecule has 8 nitrogen and oxygen atoms in total. The molecule has 8 heteroatoms. The Morgan fingerprint density at radius 1 is 0.469 bits per heavy atom. The Bertz CT molecular complexity index is 3020. The molecule has 0 aliphatic heterocycles. The van der Waals surface area contributed by atoms with E-state index in [1.165, 1.54) is 0 Å². The molecule has 2 amide bonds. The number of ketones is 2. The summed E-state index contributed by atoms with van der Waals surface area (Å²) in [5.74, 6) is -0.0318. The van der Waals surface area contributed by atoms with Crippen LogP contribution in [0.3, 0.4) is 0 Å².